The van der Waals surface area contributed by atoms with Crippen LogP contribution in [-0.4, -0.2) is 215 Å². The summed E-state index contributed by atoms with van der Waals surface area (Å²) in [5.41, 5.74) is 0. The first-order valence-electron chi connectivity index (χ1n) is 15.3. The molecule has 0 spiro atoms. The topological polar surface area (TPSA) is 328 Å². The highest BCUT2D eigenvalue weighted by Crippen LogP contribution is 2.36. The minimum atomic E-state index is -1.98. The van der Waals surface area contributed by atoms with Crippen molar-refractivity contribution in [3.8, 4) is 0 Å². The maximum absolute atomic E-state index is 11.5. The summed E-state index contributed by atoms with van der Waals surface area (Å²) in [7, 11) is 0. The first-order valence-corrected chi connectivity index (χ1v) is 15.3. The lowest BCUT2D eigenvalue weighted by Gasteiger charge is -2.50. The minimum absolute atomic E-state index is 0.396. The van der Waals surface area contributed by atoms with Crippen LogP contribution in [0.5, 0.6) is 0 Å². The van der Waals surface area contributed by atoms with E-state index in [2.05, 4.69) is 0 Å². The van der Waals surface area contributed by atoms with Gasteiger partial charge in [-0.2, -0.15) is 0 Å². The summed E-state index contributed by atoms with van der Waals surface area (Å²) in [6.45, 7) is 0.289. The molecular weight excluding hydrogens is 644 g/mol. The maximum Gasteiger partial charge on any atom is 0.187 e. The summed E-state index contributed by atoms with van der Waals surface area (Å²) in [4.78, 5) is 0. The van der Waals surface area contributed by atoms with Crippen molar-refractivity contribution < 1.29 is 99.5 Å². The summed E-state index contributed by atoms with van der Waals surface area (Å²) in [6, 6.07) is 0. The molecule has 0 unspecified atom stereocenters. The van der Waals surface area contributed by atoms with Crippen LogP contribution in [0.3, 0.4) is 0 Å². The van der Waals surface area contributed by atoms with Crippen LogP contribution in [0, 0.1) is 5.92 Å². The lowest BCUT2D eigenvalue weighted by molar-refractivity contribution is -0.381. The number of aliphatic hydroxyl groups excluding tert-OH is 13. The van der Waals surface area contributed by atoms with Crippen molar-refractivity contribution in [1.29, 1.82) is 0 Å². The molecule has 0 aromatic carbocycles. The third kappa shape index (κ3) is 7.92. The summed E-state index contributed by atoms with van der Waals surface area (Å²) >= 11 is 0. The van der Waals surface area contributed by atoms with Gasteiger partial charge in [-0.05, 0) is 5.92 Å². The molecule has 4 saturated heterocycles. The molecule has 13 N–H and O–H groups in total. The van der Waals surface area contributed by atoms with Crippen LogP contribution in [0.15, 0.2) is 0 Å². The normalized spacial score (nSPS) is 51.3. The molecule has 0 saturated carbocycles. The molecule has 4 aliphatic rings. The van der Waals surface area contributed by atoms with Gasteiger partial charge in [0, 0.05) is 0 Å². The van der Waals surface area contributed by atoms with Gasteiger partial charge in [-0.3, -0.25) is 0 Å². The Bertz CT molecular complexity index is 957. The standard InChI is InChI=1S/C27H48O20/c1-7(2)21-24(47-26-18(38)15(35)13(33)9(4-29)43-26)20(40)23(10(5-30)41-21)46-27-19(39)16(36)22(11(6-31)44-27)45-25-17(37)14(34)12(32)8(3-28)42-25/h7-40H,3-6H2,1-2H3/t8-,9-,10-,11-,12-,13-,14+,15+,16-,17-,18-,19-,20+,21+,22-,23-,24-,25+,26+,27+/m1/s1. The summed E-state index contributed by atoms with van der Waals surface area (Å²) in [6.07, 6.45) is -32.7. The van der Waals surface area contributed by atoms with Gasteiger partial charge in [-0.1, -0.05) is 13.8 Å². The highest BCUT2D eigenvalue weighted by molar-refractivity contribution is 4.99. The van der Waals surface area contributed by atoms with Crippen LogP contribution >= 0.6 is 0 Å². The van der Waals surface area contributed by atoms with E-state index in [1.54, 1.807) is 13.8 Å². The smallest absolute Gasteiger partial charge is 0.187 e. The fourth-order valence-corrected chi connectivity index (χ4v) is 6.12. The predicted octanol–water partition coefficient (Wildman–Crippen LogP) is -8.04. The summed E-state index contributed by atoms with van der Waals surface area (Å²) in [5.74, 6) is -0.396. The van der Waals surface area contributed by atoms with E-state index >= 15 is 0 Å². The van der Waals surface area contributed by atoms with Gasteiger partial charge < -0.3 is 99.5 Å². The lowest BCUT2D eigenvalue weighted by atomic mass is 9.88. The molecule has 20 heteroatoms. The molecule has 276 valence electrons. The Morgan fingerprint density at radius 2 is 0.745 bits per heavy atom. The van der Waals surface area contributed by atoms with Crippen molar-refractivity contribution in [3.05, 3.63) is 0 Å². The lowest BCUT2D eigenvalue weighted by Crippen LogP contribution is -2.68. The van der Waals surface area contributed by atoms with Crippen LogP contribution in [-0.2, 0) is 33.2 Å². The molecule has 0 aromatic rings. The maximum atomic E-state index is 11.5. The fourth-order valence-electron chi connectivity index (χ4n) is 6.12. The Morgan fingerprint density at radius 3 is 1.15 bits per heavy atom. The molecular formula is C27H48O20. The third-order valence-electron chi connectivity index (χ3n) is 8.92. The zero-order valence-corrected chi connectivity index (χ0v) is 25.6. The molecule has 0 amide bonds. The highest BCUT2D eigenvalue weighted by atomic mass is 16.8. The van der Waals surface area contributed by atoms with Crippen LogP contribution in [0.4, 0.5) is 0 Å². The zero-order chi connectivity index (χ0) is 34.9. The van der Waals surface area contributed by atoms with E-state index in [0.29, 0.717) is 0 Å². The van der Waals surface area contributed by atoms with Crippen LogP contribution in [0.25, 0.3) is 0 Å². The Morgan fingerprint density at radius 1 is 0.404 bits per heavy atom. The van der Waals surface area contributed by atoms with Gasteiger partial charge in [0.25, 0.3) is 0 Å². The fraction of sp³-hybridized carbons (Fsp3) is 1.00. The van der Waals surface area contributed by atoms with E-state index in [4.69, 9.17) is 33.2 Å². The summed E-state index contributed by atoms with van der Waals surface area (Å²) < 4.78 is 39.5. The SMILES string of the molecule is CC(C)[C@@H]1O[C@H](CO)[C@@H](O[C@@H]2O[C@H](CO)[C@@H](O[C@@H]3O[C@H](CO)[C@@H](O)[C@H](O)[C@H]3O)[C@H](O)[C@H]2O)[C@H](O)[C@H]1O[C@@H]1O[C@H](CO)[C@@H](O)[C@H](O)[C@H]1O. The molecule has 4 heterocycles. The second-order valence-electron chi connectivity index (χ2n) is 12.5. The monoisotopic (exact) mass is 692 g/mol. The minimum Gasteiger partial charge on any atom is -0.394 e. The molecule has 0 aromatic heterocycles. The Balaban J connectivity index is 1.51. The van der Waals surface area contributed by atoms with Crippen molar-refractivity contribution in [2.45, 2.75) is 136 Å². The van der Waals surface area contributed by atoms with E-state index < -0.39 is 155 Å². The molecule has 4 aliphatic heterocycles. The Kier molecular flexibility index (Phi) is 13.7. The first kappa shape index (κ1) is 39.0. The molecule has 20 atom stereocenters. The van der Waals surface area contributed by atoms with E-state index in [1.165, 1.54) is 0 Å². The number of hydrogen-bond acceptors (Lipinski definition) is 20. The second-order valence-corrected chi connectivity index (χ2v) is 12.5. The number of rotatable bonds is 11. The Labute approximate surface area is 268 Å². The van der Waals surface area contributed by atoms with E-state index in [1.807, 2.05) is 0 Å². The van der Waals surface area contributed by atoms with Crippen molar-refractivity contribution in [3.63, 3.8) is 0 Å². The molecule has 4 fully saturated rings. The molecule has 47 heavy (non-hydrogen) atoms. The van der Waals surface area contributed by atoms with Gasteiger partial charge in [-0.25, -0.2) is 0 Å². The summed E-state index contributed by atoms with van der Waals surface area (Å²) in [5, 5.41) is 134. The van der Waals surface area contributed by atoms with Crippen LogP contribution < -0.4 is 0 Å². The van der Waals surface area contributed by atoms with Gasteiger partial charge in [0.15, 0.2) is 18.9 Å². The molecule has 20 nitrogen and oxygen atoms in total. The van der Waals surface area contributed by atoms with Gasteiger partial charge in [0.05, 0.1) is 32.5 Å². The number of ether oxygens (including phenoxy) is 7. The van der Waals surface area contributed by atoms with E-state index in [9.17, 15) is 66.4 Å². The zero-order valence-electron chi connectivity index (χ0n) is 25.6. The van der Waals surface area contributed by atoms with Gasteiger partial charge in [0.2, 0.25) is 0 Å². The second kappa shape index (κ2) is 16.5. The van der Waals surface area contributed by atoms with E-state index in [-0.39, 0.29) is 0 Å². The van der Waals surface area contributed by atoms with Crippen molar-refractivity contribution in [1.82, 2.24) is 0 Å². The Hall–Kier alpha value is -0.800. The van der Waals surface area contributed by atoms with Crippen molar-refractivity contribution in [2.24, 2.45) is 5.92 Å². The molecule has 0 bridgehead atoms. The third-order valence-corrected chi connectivity index (χ3v) is 8.92. The quantitative estimate of drug-likeness (QED) is 0.0956. The number of aliphatic hydroxyl groups is 13. The van der Waals surface area contributed by atoms with Crippen LogP contribution in [0.1, 0.15) is 13.8 Å². The highest BCUT2D eigenvalue weighted by Gasteiger charge is 2.55. The van der Waals surface area contributed by atoms with Gasteiger partial charge >= 0.3 is 0 Å². The van der Waals surface area contributed by atoms with Gasteiger partial charge in [-0.15, -0.1) is 0 Å². The molecule has 0 aliphatic carbocycles. The van der Waals surface area contributed by atoms with Crippen LogP contribution in [0.2, 0.25) is 0 Å². The molecule has 0 radical (unpaired) electrons. The average molecular weight is 693 g/mol. The number of hydrogen-bond donors (Lipinski definition) is 13. The van der Waals surface area contributed by atoms with Crippen molar-refractivity contribution >= 4 is 0 Å². The largest absolute Gasteiger partial charge is 0.394 e. The van der Waals surface area contributed by atoms with Crippen molar-refractivity contribution in [2.75, 3.05) is 26.4 Å². The molecule has 4 rings (SSSR count). The average Bonchev–Trinajstić information content (AvgIpc) is 3.05. The predicted molar refractivity (Wildman–Crippen MR) is 147 cm³/mol. The first-order chi connectivity index (χ1) is 22.2. The van der Waals surface area contributed by atoms with Gasteiger partial charge in [0.1, 0.15) is 97.7 Å². The van der Waals surface area contributed by atoms with E-state index in [0.717, 1.165) is 0 Å².